The lowest BCUT2D eigenvalue weighted by atomic mass is 9.98. The minimum absolute atomic E-state index is 0.196. The number of phenols is 1. The molecular weight excluding hydrogens is 342 g/mol. The van der Waals surface area contributed by atoms with Gasteiger partial charge in [-0.05, 0) is 42.3 Å². The fourth-order valence-electron chi connectivity index (χ4n) is 4.03. The number of fused-ring (bicyclic) bond motifs is 1. The summed E-state index contributed by atoms with van der Waals surface area (Å²) in [6.07, 6.45) is 2.40. The summed E-state index contributed by atoms with van der Waals surface area (Å²) >= 11 is 0. The van der Waals surface area contributed by atoms with Crippen LogP contribution in [0.1, 0.15) is 24.0 Å². The average molecular weight is 366 g/mol. The highest BCUT2D eigenvalue weighted by molar-refractivity contribution is 5.89. The second kappa shape index (κ2) is 7.08. The highest BCUT2D eigenvalue weighted by Crippen LogP contribution is 2.32. The molecule has 1 aliphatic heterocycles. The lowest BCUT2D eigenvalue weighted by molar-refractivity contribution is -0.901. The number of hydrogen-bond donors (Lipinski definition) is 2. The maximum Gasteiger partial charge on any atom is 0.344 e. The summed E-state index contributed by atoms with van der Waals surface area (Å²) in [6.45, 7) is 4.78. The van der Waals surface area contributed by atoms with E-state index in [9.17, 15) is 9.90 Å². The van der Waals surface area contributed by atoms with E-state index in [2.05, 4.69) is 0 Å². The molecule has 5 heteroatoms. The highest BCUT2D eigenvalue weighted by atomic mass is 16.5. The number of hydrogen-bond acceptors (Lipinski definition) is 4. The van der Waals surface area contributed by atoms with Gasteiger partial charge in [-0.25, -0.2) is 4.79 Å². The quantitative estimate of drug-likeness (QED) is 0.697. The van der Waals surface area contributed by atoms with Gasteiger partial charge in [0.1, 0.15) is 18.0 Å². The zero-order chi connectivity index (χ0) is 19.0. The molecule has 5 nitrogen and oxygen atoms in total. The Hall–Kier alpha value is -2.79. The van der Waals surface area contributed by atoms with E-state index in [1.54, 1.807) is 13.2 Å². The number of methoxy groups -OCH3 is 1. The summed E-state index contributed by atoms with van der Waals surface area (Å²) in [7, 11) is 1.61. The maximum absolute atomic E-state index is 12.8. The minimum Gasteiger partial charge on any atom is -0.507 e. The molecule has 0 atom stereocenters. The van der Waals surface area contributed by atoms with Crippen LogP contribution in [0.4, 0.5) is 0 Å². The van der Waals surface area contributed by atoms with E-state index in [1.807, 2.05) is 37.3 Å². The van der Waals surface area contributed by atoms with Crippen LogP contribution in [0, 0.1) is 6.92 Å². The molecule has 2 aromatic carbocycles. The fourth-order valence-corrected chi connectivity index (χ4v) is 4.03. The Morgan fingerprint density at radius 1 is 1.11 bits per heavy atom. The average Bonchev–Trinajstić information content (AvgIpc) is 3.18. The Balaban J connectivity index is 1.86. The van der Waals surface area contributed by atoms with Crippen molar-refractivity contribution in [3.8, 4) is 22.6 Å². The summed E-state index contributed by atoms with van der Waals surface area (Å²) in [5, 5.41) is 11.3. The van der Waals surface area contributed by atoms with Crippen molar-refractivity contribution in [3.05, 3.63) is 57.9 Å². The predicted octanol–water partition coefficient (Wildman–Crippen LogP) is 2.66. The van der Waals surface area contributed by atoms with Crippen molar-refractivity contribution in [2.45, 2.75) is 26.3 Å². The molecule has 2 heterocycles. The summed E-state index contributed by atoms with van der Waals surface area (Å²) < 4.78 is 10.9. The van der Waals surface area contributed by atoms with E-state index in [0.717, 1.165) is 40.9 Å². The van der Waals surface area contributed by atoms with Crippen LogP contribution < -0.4 is 15.3 Å². The zero-order valence-corrected chi connectivity index (χ0v) is 15.7. The normalized spacial score (nSPS) is 14.7. The zero-order valence-electron chi connectivity index (χ0n) is 15.7. The van der Waals surface area contributed by atoms with Gasteiger partial charge >= 0.3 is 5.63 Å². The van der Waals surface area contributed by atoms with Gasteiger partial charge in [-0.3, -0.25) is 0 Å². The van der Waals surface area contributed by atoms with Crippen molar-refractivity contribution >= 4 is 11.0 Å². The first-order valence-corrected chi connectivity index (χ1v) is 9.34. The molecule has 0 saturated carbocycles. The van der Waals surface area contributed by atoms with E-state index in [4.69, 9.17) is 9.15 Å². The number of aromatic hydroxyl groups is 1. The monoisotopic (exact) mass is 366 g/mol. The molecule has 0 spiro atoms. The van der Waals surface area contributed by atoms with E-state index >= 15 is 0 Å². The van der Waals surface area contributed by atoms with E-state index < -0.39 is 0 Å². The molecule has 140 valence electrons. The predicted molar refractivity (Wildman–Crippen MR) is 105 cm³/mol. The second-order valence-corrected chi connectivity index (χ2v) is 7.19. The number of rotatable bonds is 4. The molecule has 2 N–H and O–H groups in total. The molecule has 0 unspecified atom stereocenters. The van der Waals surface area contributed by atoms with E-state index in [0.29, 0.717) is 17.7 Å². The van der Waals surface area contributed by atoms with Gasteiger partial charge in [0, 0.05) is 18.2 Å². The molecule has 1 aliphatic rings. The summed E-state index contributed by atoms with van der Waals surface area (Å²) in [4.78, 5) is 14.2. The van der Waals surface area contributed by atoms with Crippen LogP contribution in [0.25, 0.3) is 22.1 Å². The number of likely N-dealkylation sites (tertiary alicyclic amines) is 1. The number of aryl methyl sites for hydroxylation is 1. The lowest BCUT2D eigenvalue weighted by Gasteiger charge is -2.16. The Kier molecular flexibility index (Phi) is 4.62. The van der Waals surface area contributed by atoms with Gasteiger partial charge in [-0.1, -0.05) is 12.1 Å². The maximum atomic E-state index is 12.8. The van der Waals surface area contributed by atoms with Crippen molar-refractivity contribution in [2.24, 2.45) is 0 Å². The van der Waals surface area contributed by atoms with Crippen molar-refractivity contribution in [2.75, 3.05) is 20.2 Å². The third-order valence-electron chi connectivity index (χ3n) is 5.53. The van der Waals surface area contributed by atoms with Gasteiger partial charge in [0.2, 0.25) is 0 Å². The van der Waals surface area contributed by atoms with Crippen LogP contribution in [0.5, 0.6) is 11.5 Å². The van der Waals surface area contributed by atoms with Crippen molar-refractivity contribution in [1.29, 1.82) is 0 Å². The smallest absolute Gasteiger partial charge is 0.344 e. The molecule has 0 amide bonds. The molecule has 0 radical (unpaired) electrons. The number of quaternary nitrogens is 1. The molecule has 0 bridgehead atoms. The van der Waals surface area contributed by atoms with E-state index in [-0.39, 0.29) is 11.4 Å². The number of nitrogens with one attached hydrogen (secondary N) is 1. The standard InChI is InChI=1S/C22H23NO4/c1-14-17-9-10-19(24)18(13-23-11-3-4-12-23)21(17)27-22(25)20(14)15-5-7-16(26-2)8-6-15/h5-10,24H,3-4,11-13H2,1-2H3/p+1. The number of phenolic OH excluding ortho intramolecular Hbond substituents is 1. The number of benzene rings is 2. The summed E-state index contributed by atoms with van der Waals surface area (Å²) in [6, 6.07) is 10.9. The topological polar surface area (TPSA) is 64.1 Å². The Labute approximate surface area is 157 Å². The van der Waals surface area contributed by atoms with Crippen molar-refractivity contribution in [3.63, 3.8) is 0 Å². The molecule has 1 saturated heterocycles. The van der Waals surface area contributed by atoms with Gasteiger partial charge in [0.25, 0.3) is 0 Å². The van der Waals surface area contributed by atoms with Crippen molar-refractivity contribution < 1.29 is 19.2 Å². The third-order valence-corrected chi connectivity index (χ3v) is 5.53. The summed E-state index contributed by atoms with van der Waals surface area (Å²) in [5.41, 5.74) is 3.07. The van der Waals surface area contributed by atoms with Crippen LogP contribution in [-0.4, -0.2) is 25.3 Å². The lowest BCUT2D eigenvalue weighted by Crippen LogP contribution is -3.08. The van der Waals surface area contributed by atoms with Crippen LogP contribution in [-0.2, 0) is 6.54 Å². The fraction of sp³-hybridized carbons (Fsp3) is 0.318. The van der Waals surface area contributed by atoms with Crippen LogP contribution >= 0.6 is 0 Å². The van der Waals surface area contributed by atoms with Crippen LogP contribution in [0.15, 0.2) is 45.6 Å². The molecule has 4 rings (SSSR count). The Morgan fingerprint density at radius 3 is 2.48 bits per heavy atom. The second-order valence-electron chi connectivity index (χ2n) is 7.19. The Bertz CT molecular complexity index is 1030. The van der Waals surface area contributed by atoms with Gasteiger partial charge in [0.05, 0.1) is 31.3 Å². The van der Waals surface area contributed by atoms with Crippen LogP contribution in [0.3, 0.4) is 0 Å². The van der Waals surface area contributed by atoms with Gasteiger partial charge in [-0.2, -0.15) is 0 Å². The molecule has 1 fully saturated rings. The Morgan fingerprint density at radius 2 is 1.81 bits per heavy atom. The molecular formula is C22H24NO4+. The van der Waals surface area contributed by atoms with Gasteiger partial charge in [0.15, 0.2) is 5.58 Å². The molecule has 3 aromatic rings. The molecule has 1 aromatic heterocycles. The highest BCUT2D eigenvalue weighted by Gasteiger charge is 2.22. The first-order valence-electron chi connectivity index (χ1n) is 9.34. The van der Waals surface area contributed by atoms with Gasteiger partial charge < -0.3 is 19.2 Å². The third kappa shape index (κ3) is 3.19. The van der Waals surface area contributed by atoms with Crippen LogP contribution in [0.2, 0.25) is 0 Å². The number of ether oxygens (including phenoxy) is 1. The van der Waals surface area contributed by atoms with E-state index in [1.165, 1.54) is 17.7 Å². The summed E-state index contributed by atoms with van der Waals surface area (Å²) in [5.74, 6) is 0.934. The SMILES string of the molecule is COc1ccc(-c2c(C)c3ccc(O)c(C[NH+]4CCCC4)c3oc2=O)cc1. The first-order chi connectivity index (χ1) is 13.1. The first kappa shape index (κ1) is 17.6. The minimum atomic E-state index is -0.381. The molecule has 27 heavy (non-hydrogen) atoms. The largest absolute Gasteiger partial charge is 0.507 e. The molecule has 0 aliphatic carbocycles. The van der Waals surface area contributed by atoms with Crippen molar-refractivity contribution in [1.82, 2.24) is 0 Å². The van der Waals surface area contributed by atoms with Gasteiger partial charge in [-0.15, -0.1) is 0 Å².